The van der Waals surface area contributed by atoms with Gasteiger partial charge in [0.1, 0.15) is 5.75 Å². The number of hydrogen-bond acceptors (Lipinski definition) is 3. The summed E-state index contributed by atoms with van der Waals surface area (Å²) in [5, 5.41) is 0. The predicted octanol–water partition coefficient (Wildman–Crippen LogP) is 3.61. The maximum absolute atomic E-state index is 5.46. The molecule has 0 atom stereocenters. The van der Waals surface area contributed by atoms with Gasteiger partial charge in [0.25, 0.3) is 0 Å². The first kappa shape index (κ1) is 15.5. The van der Waals surface area contributed by atoms with Crippen molar-refractivity contribution in [3.63, 3.8) is 0 Å². The lowest BCUT2D eigenvalue weighted by Crippen LogP contribution is -1.95. The van der Waals surface area contributed by atoms with E-state index < -0.39 is 0 Å². The quantitative estimate of drug-likeness (QED) is 0.691. The number of rotatable bonds is 4. The normalized spacial score (nSPS) is 9.86. The van der Waals surface area contributed by atoms with Crippen molar-refractivity contribution < 1.29 is 4.74 Å². The maximum atomic E-state index is 5.46. The maximum Gasteiger partial charge on any atom is 0.119 e. The topological polar surface area (TPSA) is 35.2 Å². The largest absolute Gasteiger partial charge is 0.497 e. The Balaban J connectivity index is 2.23. The average Bonchev–Trinajstić information content (AvgIpc) is 2.52. The van der Waals surface area contributed by atoms with E-state index in [0.29, 0.717) is 6.54 Å². The molecular formula is C18H19NOS. The summed E-state index contributed by atoms with van der Waals surface area (Å²) in [5.41, 5.74) is 8.94. The molecule has 0 aromatic heterocycles. The van der Waals surface area contributed by atoms with Crippen LogP contribution in [-0.4, -0.2) is 13.7 Å². The lowest BCUT2D eigenvalue weighted by atomic mass is 10.1. The molecule has 0 radical (unpaired) electrons. The Morgan fingerprint density at radius 1 is 1.19 bits per heavy atom. The fraction of sp³-hybridized carbons (Fsp3) is 0.222. The van der Waals surface area contributed by atoms with E-state index in [9.17, 15) is 0 Å². The van der Waals surface area contributed by atoms with E-state index >= 15 is 0 Å². The number of aryl methyl sites for hydroxylation is 1. The summed E-state index contributed by atoms with van der Waals surface area (Å²) in [4.78, 5) is 1.29. The zero-order valence-electron chi connectivity index (χ0n) is 12.3. The molecule has 0 aliphatic rings. The van der Waals surface area contributed by atoms with Gasteiger partial charge in [-0.15, -0.1) is 11.8 Å². The molecule has 3 heteroatoms. The Bertz CT molecular complexity index is 670. The summed E-state index contributed by atoms with van der Waals surface area (Å²) in [6.45, 7) is 2.50. The second-order valence-electron chi connectivity index (χ2n) is 4.58. The van der Waals surface area contributed by atoms with Crippen molar-refractivity contribution >= 4 is 11.8 Å². The van der Waals surface area contributed by atoms with Crippen molar-refractivity contribution in [2.75, 3.05) is 13.7 Å². The zero-order valence-corrected chi connectivity index (χ0v) is 13.2. The van der Waals surface area contributed by atoms with Gasteiger partial charge < -0.3 is 10.5 Å². The Kier molecular flexibility index (Phi) is 5.74. The van der Waals surface area contributed by atoms with Crippen molar-refractivity contribution in [3.8, 4) is 17.6 Å². The van der Waals surface area contributed by atoms with Gasteiger partial charge in [0, 0.05) is 16.2 Å². The lowest BCUT2D eigenvalue weighted by Gasteiger charge is -2.09. The van der Waals surface area contributed by atoms with Crippen LogP contribution in [0.4, 0.5) is 0 Å². The van der Waals surface area contributed by atoms with Gasteiger partial charge in [-0.2, -0.15) is 0 Å². The highest BCUT2D eigenvalue weighted by Gasteiger charge is 2.05. The first-order valence-corrected chi connectivity index (χ1v) is 7.77. The van der Waals surface area contributed by atoms with Crippen LogP contribution in [0.3, 0.4) is 0 Å². The molecule has 0 fully saturated rings. The molecule has 0 spiro atoms. The molecule has 2 aromatic carbocycles. The van der Waals surface area contributed by atoms with Crippen molar-refractivity contribution in [1.29, 1.82) is 0 Å². The summed E-state index contributed by atoms with van der Waals surface area (Å²) in [7, 11) is 1.68. The second kappa shape index (κ2) is 7.78. The van der Waals surface area contributed by atoms with Gasteiger partial charge in [0.2, 0.25) is 0 Å². The molecule has 0 saturated heterocycles. The molecule has 2 N–H and O–H groups in total. The minimum Gasteiger partial charge on any atom is -0.497 e. The molecule has 0 unspecified atom stereocenters. The molecular weight excluding hydrogens is 278 g/mol. The number of nitrogens with two attached hydrogens (primary N) is 1. The van der Waals surface area contributed by atoms with Gasteiger partial charge in [-0.25, -0.2) is 0 Å². The monoisotopic (exact) mass is 297 g/mol. The Hall–Kier alpha value is -1.89. The Morgan fingerprint density at radius 3 is 2.71 bits per heavy atom. The molecule has 2 rings (SSSR count). The first-order chi connectivity index (χ1) is 10.2. The van der Waals surface area contributed by atoms with E-state index in [0.717, 1.165) is 17.1 Å². The molecule has 0 heterocycles. The number of hydrogen-bond donors (Lipinski definition) is 1. The van der Waals surface area contributed by atoms with E-state index in [1.807, 2.05) is 30.0 Å². The van der Waals surface area contributed by atoms with E-state index in [2.05, 4.69) is 43.0 Å². The summed E-state index contributed by atoms with van der Waals surface area (Å²) in [5.74, 6) is 7.76. The van der Waals surface area contributed by atoms with Gasteiger partial charge in [0.05, 0.1) is 13.7 Å². The number of ether oxygens (including phenoxy) is 1. The van der Waals surface area contributed by atoms with Gasteiger partial charge in [-0.3, -0.25) is 0 Å². The number of benzene rings is 2. The zero-order chi connectivity index (χ0) is 15.1. The van der Waals surface area contributed by atoms with Crippen molar-refractivity contribution in [2.24, 2.45) is 5.73 Å². The Morgan fingerprint density at radius 2 is 2.00 bits per heavy atom. The minimum atomic E-state index is 0.371. The highest BCUT2D eigenvalue weighted by molar-refractivity contribution is 7.98. The summed E-state index contributed by atoms with van der Waals surface area (Å²) >= 11 is 1.81. The highest BCUT2D eigenvalue weighted by atomic mass is 32.2. The molecule has 0 saturated carbocycles. The molecule has 108 valence electrons. The van der Waals surface area contributed by atoms with Gasteiger partial charge in [-0.1, -0.05) is 30.0 Å². The molecule has 21 heavy (non-hydrogen) atoms. The third-order valence-corrected chi connectivity index (χ3v) is 4.34. The molecule has 0 aliphatic carbocycles. The number of thioether (sulfide) groups is 1. The van der Waals surface area contributed by atoms with Crippen LogP contribution in [0.1, 0.15) is 16.7 Å². The standard InChI is InChI=1S/C18H19NOS/c1-14-6-3-4-8-18(14)21-13-16-12-17(20-2)10-9-15(16)7-5-11-19/h3-4,6,8-10,12H,11,13,19H2,1-2H3. The second-order valence-corrected chi connectivity index (χ2v) is 5.60. The van der Waals surface area contributed by atoms with E-state index in [1.165, 1.54) is 16.0 Å². The molecule has 0 bridgehead atoms. The fourth-order valence-electron chi connectivity index (χ4n) is 1.96. The third-order valence-electron chi connectivity index (χ3n) is 3.11. The van der Waals surface area contributed by atoms with Crippen LogP contribution in [0.15, 0.2) is 47.4 Å². The van der Waals surface area contributed by atoms with Gasteiger partial charge in [0.15, 0.2) is 0 Å². The lowest BCUT2D eigenvalue weighted by molar-refractivity contribution is 0.414. The Labute approximate surface area is 130 Å². The van der Waals surface area contributed by atoms with Gasteiger partial charge in [-0.05, 0) is 42.3 Å². The molecule has 0 amide bonds. The van der Waals surface area contributed by atoms with E-state index in [1.54, 1.807) is 7.11 Å². The van der Waals surface area contributed by atoms with Crippen LogP contribution < -0.4 is 10.5 Å². The predicted molar refractivity (Wildman–Crippen MR) is 89.7 cm³/mol. The SMILES string of the molecule is COc1ccc(C#CCN)c(CSc2ccccc2C)c1. The summed E-state index contributed by atoms with van der Waals surface area (Å²) < 4.78 is 5.31. The van der Waals surface area contributed by atoms with Crippen LogP contribution in [0.25, 0.3) is 0 Å². The fourth-order valence-corrected chi connectivity index (χ4v) is 2.98. The highest BCUT2D eigenvalue weighted by Crippen LogP contribution is 2.28. The number of methoxy groups -OCH3 is 1. The summed E-state index contributed by atoms with van der Waals surface area (Å²) in [6, 6.07) is 14.4. The molecule has 2 aromatic rings. The van der Waals surface area contributed by atoms with Crippen LogP contribution in [0, 0.1) is 18.8 Å². The molecule has 0 aliphatic heterocycles. The van der Waals surface area contributed by atoms with E-state index in [-0.39, 0.29) is 0 Å². The summed E-state index contributed by atoms with van der Waals surface area (Å²) in [6.07, 6.45) is 0. The smallest absolute Gasteiger partial charge is 0.119 e. The van der Waals surface area contributed by atoms with Gasteiger partial charge >= 0.3 is 0 Å². The van der Waals surface area contributed by atoms with Crippen LogP contribution in [-0.2, 0) is 5.75 Å². The molecule has 2 nitrogen and oxygen atoms in total. The van der Waals surface area contributed by atoms with Crippen LogP contribution in [0.2, 0.25) is 0 Å². The average molecular weight is 297 g/mol. The van der Waals surface area contributed by atoms with Crippen molar-refractivity contribution in [3.05, 3.63) is 59.2 Å². The third kappa shape index (κ3) is 4.29. The van der Waals surface area contributed by atoms with Crippen molar-refractivity contribution in [1.82, 2.24) is 0 Å². The van der Waals surface area contributed by atoms with Crippen LogP contribution >= 0.6 is 11.8 Å². The first-order valence-electron chi connectivity index (χ1n) is 6.79. The van der Waals surface area contributed by atoms with Crippen molar-refractivity contribution in [2.45, 2.75) is 17.6 Å². The minimum absolute atomic E-state index is 0.371. The van der Waals surface area contributed by atoms with E-state index in [4.69, 9.17) is 10.5 Å². The van der Waals surface area contributed by atoms with Crippen LogP contribution in [0.5, 0.6) is 5.75 Å².